The second-order valence-electron chi connectivity index (χ2n) is 7.08. The summed E-state index contributed by atoms with van der Waals surface area (Å²) < 4.78 is 5.43. The van der Waals surface area contributed by atoms with Crippen LogP contribution in [0.4, 0.5) is 4.79 Å². The van der Waals surface area contributed by atoms with Gasteiger partial charge in [0, 0.05) is 19.5 Å². The first-order chi connectivity index (χ1) is 9.26. The molecule has 1 N–H and O–H groups in total. The number of ether oxygens (including phenoxy) is 1. The second kappa shape index (κ2) is 5.62. The molecule has 20 heavy (non-hydrogen) atoms. The van der Waals surface area contributed by atoms with Crippen LogP contribution >= 0.6 is 0 Å². The lowest BCUT2D eigenvalue weighted by Crippen LogP contribution is -2.47. The SMILES string of the molecule is CC(C)(C)OC(=O)N1CC2CCC(C1)C2CCC(=O)O. The minimum Gasteiger partial charge on any atom is -0.481 e. The van der Waals surface area contributed by atoms with Gasteiger partial charge in [0.25, 0.3) is 0 Å². The first kappa shape index (κ1) is 15.1. The molecule has 0 radical (unpaired) electrons. The summed E-state index contributed by atoms with van der Waals surface area (Å²) in [6, 6.07) is 0. The Bertz CT molecular complexity index is 374. The van der Waals surface area contributed by atoms with E-state index in [0.717, 1.165) is 32.4 Å². The number of hydrogen-bond acceptors (Lipinski definition) is 3. The van der Waals surface area contributed by atoms with Gasteiger partial charge in [0.05, 0.1) is 0 Å². The van der Waals surface area contributed by atoms with Crippen LogP contribution in [0, 0.1) is 17.8 Å². The molecule has 1 amide bonds. The van der Waals surface area contributed by atoms with Gasteiger partial charge in [0.1, 0.15) is 5.60 Å². The molecule has 2 atom stereocenters. The smallest absolute Gasteiger partial charge is 0.410 e. The summed E-state index contributed by atoms with van der Waals surface area (Å²) in [5.41, 5.74) is -0.462. The minimum absolute atomic E-state index is 0.230. The molecule has 2 fully saturated rings. The molecule has 1 heterocycles. The molecule has 114 valence electrons. The van der Waals surface area contributed by atoms with Crippen LogP contribution in [0.5, 0.6) is 0 Å². The van der Waals surface area contributed by atoms with Crippen LogP contribution in [0.15, 0.2) is 0 Å². The zero-order valence-corrected chi connectivity index (χ0v) is 12.6. The molecule has 2 unspecified atom stereocenters. The average Bonchev–Trinajstić information content (AvgIpc) is 2.54. The van der Waals surface area contributed by atoms with Gasteiger partial charge in [-0.15, -0.1) is 0 Å². The Morgan fingerprint density at radius 2 is 1.75 bits per heavy atom. The summed E-state index contributed by atoms with van der Waals surface area (Å²) in [4.78, 5) is 24.6. The number of fused-ring (bicyclic) bond motifs is 2. The Morgan fingerprint density at radius 1 is 1.20 bits per heavy atom. The molecule has 5 heteroatoms. The fraction of sp³-hybridized carbons (Fsp3) is 0.867. The van der Waals surface area contributed by atoms with E-state index in [1.54, 1.807) is 0 Å². The molecule has 1 aliphatic heterocycles. The number of nitrogens with zero attached hydrogens (tertiary/aromatic N) is 1. The van der Waals surface area contributed by atoms with Crippen LogP contribution in [-0.2, 0) is 9.53 Å². The molecule has 2 aliphatic rings. The van der Waals surface area contributed by atoms with Crippen molar-refractivity contribution in [3.05, 3.63) is 0 Å². The molecule has 0 aromatic heterocycles. The van der Waals surface area contributed by atoms with Gasteiger partial charge in [-0.2, -0.15) is 0 Å². The minimum atomic E-state index is -0.723. The number of hydrogen-bond donors (Lipinski definition) is 1. The van der Waals surface area contributed by atoms with Gasteiger partial charge in [-0.3, -0.25) is 4.79 Å². The highest BCUT2D eigenvalue weighted by Gasteiger charge is 2.43. The molecule has 0 spiro atoms. The predicted molar refractivity (Wildman–Crippen MR) is 74.4 cm³/mol. The molecular weight excluding hydrogens is 258 g/mol. The van der Waals surface area contributed by atoms with E-state index in [1.165, 1.54) is 0 Å². The summed E-state index contributed by atoms with van der Waals surface area (Å²) in [5.74, 6) is 0.630. The normalized spacial score (nSPS) is 29.4. The van der Waals surface area contributed by atoms with Gasteiger partial charge < -0.3 is 14.7 Å². The zero-order valence-electron chi connectivity index (χ0n) is 12.6. The van der Waals surface area contributed by atoms with E-state index < -0.39 is 11.6 Å². The van der Waals surface area contributed by atoms with E-state index in [-0.39, 0.29) is 12.5 Å². The van der Waals surface area contributed by atoms with Crippen molar-refractivity contribution in [2.45, 2.75) is 52.1 Å². The maximum Gasteiger partial charge on any atom is 0.410 e. The van der Waals surface area contributed by atoms with Gasteiger partial charge in [0.15, 0.2) is 0 Å². The molecule has 1 saturated heterocycles. The van der Waals surface area contributed by atoms with Gasteiger partial charge >= 0.3 is 12.1 Å². The molecule has 1 aliphatic carbocycles. The van der Waals surface area contributed by atoms with Crippen LogP contribution in [0.2, 0.25) is 0 Å². The Balaban J connectivity index is 1.91. The highest BCUT2D eigenvalue weighted by Crippen LogP contribution is 2.44. The Morgan fingerprint density at radius 3 is 2.20 bits per heavy atom. The van der Waals surface area contributed by atoms with Gasteiger partial charge in [-0.25, -0.2) is 4.79 Å². The Kier molecular flexibility index (Phi) is 4.25. The number of amides is 1. The van der Waals surface area contributed by atoms with Crippen molar-refractivity contribution in [3.8, 4) is 0 Å². The molecule has 2 bridgehead atoms. The summed E-state index contributed by atoms with van der Waals surface area (Å²) in [7, 11) is 0. The molecular formula is C15H25NO4. The molecule has 5 nitrogen and oxygen atoms in total. The molecule has 2 rings (SSSR count). The van der Waals surface area contributed by atoms with Crippen LogP contribution in [-0.4, -0.2) is 40.8 Å². The van der Waals surface area contributed by atoms with Crippen molar-refractivity contribution in [3.63, 3.8) is 0 Å². The van der Waals surface area contributed by atoms with Crippen molar-refractivity contribution in [2.75, 3.05) is 13.1 Å². The van der Waals surface area contributed by atoms with E-state index in [9.17, 15) is 9.59 Å². The second-order valence-corrected chi connectivity index (χ2v) is 7.08. The Labute approximate surface area is 120 Å². The first-order valence-electron chi connectivity index (χ1n) is 7.46. The highest BCUT2D eigenvalue weighted by molar-refractivity contribution is 5.68. The highest BCUT2D eigenvalue weighted by atomic mass is 16.6. The van der Waals surface area contributed by atoms with Crippen molar-refractivity contribution in [1.29, 1.82) is 0 Å². The number of rotatable bonds is 3. The van der Waals surface area contributed by atoms with Gasteiger partial charge in [-0.05, 0) is 57.8 Å². The average molecular weight is 283 g/mol. The maximum atomic E-state index is 12.1. The van der Waals surface area contributed by atoms with Gasteiger partial charge in [0.2, 0.25) is 0 Å². The van der Waals surface area contributed by atoms with E-state index in [4.69, 9.17) is 9.84 Å². The van der Waals surface area contributed by atoms with Crippen LogP contribution in [0.25, 0.3) is 0 Å². The monoisotopic (exact) mass is 283 g/mol. The van der Waals surface area contributed by atoms with Crippen LogP contribution < -0.4 is 0 Å². The lowest BCUT2D eigenvalue weighted by atomic mass is 9.82. The van der Waals surface area contributed by atoms with Crippen molar-refractivity contribution >= 4 is 12.1 Å². The van der Waals surface area contributed by atoms with Gasteiger partial charge in [-0.1, -0.05) is 0 Å². The number of carboxylic acid groups (broad SMARTS) is 1. The largest absolute Gasteiger partial charge is 0.481 e. The lowest BCUT2D eigenvalue weighted by Gasteiger charge is -2.38. The van der Waals surface area contributed by atoms with Crippen molar-refractivity contribution < 1.29 is 19.4 Å². The number of likely N-dealkylation sites (tertiary alicyclic amines) is 1. The van der Waals surface area contributed by atoms with Crippen LogP contribution in [0.3, 0.4) is 0 Å². The summed E-state index contributed by atoms with van der Waals surface area (Å²) in [5, 5.41) is 8.82. The Hall–Kier alpha value is -1.26. The van der Waals surface area contributed by atoms with Crippen molar-refractivity contribution in [2.24, 2.45) is 17.8 Å². The topological polar surface area (TPSA) is 66.8 Å². The first-order valence-corrected chi connectivity index (χ1v) is 7.46. The fourth-order valence-corrected chi connectivity index (χ4v) is 3.57. The number of piperidine rings is 1. The lowest BCUT2D eigenvalue weighted by molar-refractivity contribution is -0.137. The molecule has 0 aromatic rings. The number of carboxylic acids is 1. The standard InChI is InChI=1S/C15H25NO4/c1-15(2,3)20-14(19)16-8-10-4-5-11(9-16)12(10)6-7-13(17)18/h10-12H,4-9H2,1-3H3,(H,17,18). The summed E-state index contributed by atoms with van der Waals surface area (Å²) in [6.07, 6.45) is 2.96. The zero-order chi connectivity index (χ0) is 14.9. The third kappa shape index (κ3) is 3.64. The molecule has 1 saturated carbocycles. The summed E-state index contributed by atoms with van der Waals surface area (Å²) in [6.45, 7) is 7.06. The maximum absolute atomic E-state index is 12.1. The quantitative estimate of drug-likeness (QED) is 0.864. The number of carbonyl (C=O) groups excluding carboxylic acids is 1. The molecule has 0 aromatic carbocycles. The number of aliphatic carboxylic acids is 1. The third-order valence-electron chi connectivity index (χ3n) is 4.37. The third-order valence-corrected chi connectivity index (χ3v) is 4.37. The van der Waals surface area contributed by atoms with Crippen LogP contribution in [0.1, 0.15) is 46.5 Å². The van der Waals surface area contributed by atoms with E-state index in [2.05, 4.69) is 0 Å². The van der Waals surface area contributed by atoms with E-state index in [1.807, 2.05) is 25.7 Å². The van der Waals surface area contributed by atoms with E-state index >= 15 is 0 Å². The van der Waals surface area contributed by atoms with Crippen molar-refractivity contribution in [1.82, 2.24) is 4.90 Å². The predicted octanol–water partition coefficient (Wildman–Crippen LogP) is 2.74. The van der Waals surface area contributed by atoms with E-state index in [0.29, 0.717) is 17.8 Å². The number of carbonyl (C=O) groups is 2. The summed E-state index contributed by atoms with van der Waals surface area (Å²) >= 11 is 0. The fourth-order valence-electron chi connectivity index (χ4n) is 3.57.